The molecule has 12 heteroatoms. The first-order valence-corrected chi connectivity index (χ1v) is 18.7. The van der Waals surface area contributed by atoms with Crippen molar-refractivity contribution in [1.82, 2.24) is 4.72 Å². The van der Waals surface area contributed by atoms with E-state index >= 15 is 0 Å². The van der Waals surface area contributed by atoms with Crippen LogP contribution in [-0.2, 0) is 36.3 Å². The zero-order chi connectivity index (χ0) is 33.6. The first-order valence-electron chi connectivity index (χ1n) is 15.8. The number of nitrogens with one attached hydrogen (secondary N) is 1. The number of fused-ring (bicyclic) bond motifs is 6. The summed E-state index contributed by atoms with van der Waals surface area (Å²) < 4.78 is 69.7. The molecule has 0 aromatic heterocycles. The lowest BCUT2D eigenvalue weighted by Gasteiger charge is -2.37. The zero-order valence-corrected chi connectivity index (χ0v) is 28.5. The summed E-state index contributed by atoms with van der Waals surface area (Å²) in [4.78, 5) is 3.94. The van der Waals surface area contributed by atoms with Gasteiger partial charge in [0.2, 0.25) is 10.0 Å². The number of hydrogen-bond donors (Lipinski definition) is 2. The minimum atomic E-state index is -4.41. The van der Waals surface area contributed by atoms with E-state index in [1.54, 1.807) is 12.1 Å². The van der Waals surface area contributed by atoms with Gasteiger partial charge in [-0.15, -0.1) is 0 Å². The number of aromatic hydroxyl groups is 1. The Bertz CT molecular complexity index is 1960. The topological polar surface area (TPSA) is 125 Å². The Labute approximate surface area is 276 Å². The molecule has 0 aliphatic carbocycles. The molecule has 2 N–H and O–H groups in total. The summed E-state index contributed by atoms with van der Waals surface area (Å²) in [5.74, 6) is 1.06. The summed E-state index contributed by atoms with van der Waals surface area (Å²) in [6, 6.07) is 21.9. The van der Waals surface area contributed by atoms with E-state index in [2.05, 4.69) is 42.2 Å². The van der Waals surface area contributed by atoms with Gasteiger partial charge in [0.1, 0.15) is 22.1 Å². The summed E-state index contributed by atoms with van der Waals surface area (Å²) in [6.07, 6.45) is 0.382. The summed E-state index contributed by atoms with van der Waals surface area (Å²) in [5.41, 5.74) is 2.44. The average molecular weight is 678 g/mol. The van der Waals surface area contributed by atoms with Crippen molar-refractivity contribution < 1.29 is 30.9 Å². The number of phenols is 1. The van der Waals surface area contributed by atoms with Gasteiger partial charge in [0.15, 0.2) is 5.60 Å². The highest BCUT2D eigenvalue weighted by atomic mass is 32.2. The molecule has 47 heavy (non-hydrogen) atoms. The highest BCUT2D eigenvalue weighted by molar-refractivity contribution is 7.89. The van der Waals surface area contributed by atoms with E-state index in [0.29, 0.717) is 34.6 Å². The molecule has 1 spiro atoms. The van der Waals surface area contributed by atoms with Gasteiger partial charge in [-0.2, -0.15) is 8.42 Å². The third-order valence-electron chi connectivity index (χ3n) is 8.95. The van der Waals surface area contributed by atoms with Crippen LogP contribution >= 0.6 is 0 Å². The fourth-order valence-corrected chi connectivity index (χ4v) is 9.06. The van der Waals surface area contributed by atoms with Gasteiger partial charge in [0.05, 0.1) is 4.90 Å². The van der Waals surface area contributed by atoms with Gasteiger partial charge < -0.3 is 19.6 Å². The molecule has 2 heterocycles. The maximum Gasteiger partial charge on any atom is 0.298 e. The lowest BCUT2D eigenvalue weighted by atomic mass is 9.78. The maximum atomic E-state index is 13.9. The van der Waals surface area contributed by atoms with Gasteiger partial charge in [0, 0.05) is 72.9 Å². The molecule has 6 rings (SSSR count). The van der Waals surface area contributed by atoms with Crippen molar-refractivity contribution in [2.75, 3.05) is 42.5 Å². The Morgan fingerprint density at radius 1 is 0.745 bits per heavy atom. The van der Waals surface area contributed by atoms with Gasteiger partial charge in [-0.3, -0.25) is 0 Å². The lowest BCUT2D eigenvalue weighted by molar-refractivity contribution is 0.164. The van der Waals surface area contributed by atoms with E-state index < -0.39 is 25.7 Å². The van der Waals surface area contributed by atoms with Gasteiger partial charge in [0.25, 0.3) is 10.1 Å². The van der Waals surface area contributed by atoms with E-state index in [0.717, 1.165) is 43.1 Å². The Morgan fingerprint density at radius 3 is 1.81 bits per heavy atom. The number of rotatable bonds is 11. The third kappa shape index (κ3) is 5.73. The molecule has 4 aromatic carbocycles. The SMILES string of the molecule is CCN(CC)c1ccc2c(c1)Oc1cc(N(CC)CC)ccc1C21OS(=O)(=O)c2cc(S(=O)(=O)NCCc3ccc(O)cc3)ccc21. The summed E-state index contributed by atoms with van der Waals surface area (Å²) in [7, 11) is -8.48. The van der Waals surface area contributed by atoms with Crippen molar-refractivity contribution in [2.24, 2.45) is 0 Å². The number of sulfonamides is 1. The first kappa shape index (κ1) is 32.8. The fraction of sp³-hybridized carbons (Fsp3) is 0.314. The number of ether oxygens (including phenoxy) is 1. The third-order valence-corrected chi connectivity index (χ3v) is 11.8. The van der Waals surface area contributed by atoms with E-state index in [-0.39, 0.29) is 22.1 Å². The molecule has 2 aliphatic heterocycles. The Morgan fingerprint density at radius 2 is 1.28 bits per heavy atom. The van der Waals surface area contributed by atoms with Crippen molar-refractivity contribution in [3.05, 3.63) is 101 Å². The Hall–Kier alpha value is -4.10. The molecule has 0 radical (unpaired) electrons. The molecular weight excluding hydrogens is 639 g/mol. The quantitative estimate of drug-likeness (QED) is 0.192. The van der Waals surface area contributed by atoms with Crippen LogP contribution in [0.2, 0.25) is 0 Å². The fourth-order valence-electron chi connectivity index (χ4n) is 6.48. The van der Waals surface area contributed by atoms with Crippen molar-refractivity contribution in [1.29, 1.82) is 0 Å². The number of benzene rings is 4. The van der Waals surface area contributed by atoms with Crippen LogP contribution in [0.25, 0.3) is 0 Å². The second-order valence-corrected chi connectivity index (χ2v) is 14.8. The number of hydrogen-bond acceptors (Lipinski definition) is 9. The Kier molecular flexibility index (Phi) is 8.73. The number of nitrogens with zero attached hydrogens (tertiary/aromatic N) is 2. The molecule has 4 aromatic rings. The van der Waals surface area contributed by atoms with E-state index in [1.807, 2.05) is 36.4 Å². The summed E-state index contributed by atoms with van der Waals surface area (Å²) >= 11 is 0. The largest absolute Gasteiger partial charge is 0.508 e. The molecule has 0 bridgehead atoms. The molecule has 0 unspecified atom stereocenters. The maximum absolute atomic E-state index is 13.9. The number of anilines is 2. The first-order chi connectivity index (χ1) is 22.5. The van der Waals surface area contributed by atoms with Crippen LogP contribution in [0.3, 0.4) is 0 Å². The summed E-state index contributed by atoms with van der Waals surface area (Å²) in [6.45, 7) is 11.4. The molecule has 0 atom stereocenters. The number of phenolic OH excluding ortho intramolecular Hbond substituents is 1. The standard InChI is InChI=1S/C35H39N3O7S2/c1-5-37(6-2)25-11-16-29-32(21-25)44-33-22-26(38(7-3)8-4)12-17-30(33)35(29)31-18-15-28(23-34(31)47(42,43)45-35)46(40,41)36-20-19-24-9-13-27(39)14-10-24/h9-18,21-23,36,39H,5-8,19-20H2,1-4H3. The molecule has 248 valence electrons. The predicted octanol–water partition coefficient (Wildman–Crippen LogP) is 5.72. The average Bonchev–Trinajstić information content (AvgIpc) is 3.29. The molecule has 0 saturated heterocycles. The molecule has 10 nitrogen and oxygen atoms in total. The minimum absolute atomic E-state index is 0.0826. The predicted molar refractivity (Wildman–Crippen MR) is 182 cm³/mol. The van der Waals surface area contributed by atoms with Crippen LogP contribution in [0.15, 0.2) is 88.7 Å². The van der Waals surface area contributed by atoms with Crippen LogP contribution < -0.4 is 19.3 Å². The normalized spacial score (nSPS) is 15.4. The van der Waals surface area contributed by atoms with E-state index in [9.17, 15) is 21.9 Å². The minimum Gasteiger partial charge on any atom is -0.508 e. The van der Waals surface area contributed by atoms with Gasteiger partial charge in [-0.05, 0) is 88.2 Å². The highest BCUT2D eigenvalue weighted by Gasteiger charge is 2.56. The van der Waals surface area contributed by atoms with Crippen LogP contribution in [0.5, 0.6) is 17.2 Å². The van der Waals surface area contributed by atoms with Crippen LogP contribution in [0, 0.1) is 0 Å². The lowest BCUT2D eigenvalue weighted by Crippen LogP contribution is -2.33. The molecule has 0 fully saturated rings. The Balaban J connectivity index is 1.46. The van der Waals surface area contributed by atoms with Crippen LogP contribution in [0.1, 0.15) is 49.9 Å². The second-order valence-electron chi connectivity index (χ2n) is 11.5. The highest BCUT2D eigenvalue weighted by Crippen LogP contribution is 2.59. The smallest absolute Gasteiger partial charge is 0.298 e. The van der Waals surface area contributed by atoms with Crippen molar-refractivity contribution in [2.45, 2.75) is 49.5 Å². The van der Waals surface area contributed by atoms with E-state index in [4.69, 9.17) is 8.92 Å². The van der Waals surface area contributed by atoms with Crippen LogP contribution in [0.4, 0.5) is 11.4 Å². The second kappa shape index (κ2) is 12.5. The van der Waals surface area contributed by atoms with Crippen LogP contribution in [-0.4, -0.2) is 54.7 Å². The molecular formula is C35H39N3O7S2. The molecule has 0 saturated carbocycles. The molecule has 2 aliphatic rings. The monoisotopic (exact) mass is 677 g/mol. The van der Waals surface area contributed by atoms with Crippen molar-refractivity contribution in [3.63, 3.8) is 0 Å². The van der Waals surface area contributed by atoms with Crippen molar-refractivity contribution in [3.8, 4) is 17.2 Å². The van der Waals surface area contributed by atoms with Crippen molar-refractivity contribution >= 4 is 31.5 Å². The molecule has 0 amide bonds. The zero-order valence-electron chi connectivity index (χ0n) is 26.9. The van der Waals surface area contributed by atoms with Gasteiger partial charge in [-0.25, -0.2) is 17.3 Å². The van der Waals surface area contributed by atoms with E-state index in [1.165, 1.54) is 30.3 Å². The summed E-state index contributed by atoms with van der Waals surface area (Å²) in [5, 5.41) is 9.51. The van der Waals surface area contributed by atoms with Gasteiger partial charge >= 0.3 is 0 Å². The van der Waals surface area contributed by atoms with Gasteiger partial charge in [-0.1, -0.05) is 18.2 Å².